The lowest BCUT2D eigenvalue weighted by atomic mass is 9.69. The summed E-state index contributed by atoms with van der Waals surface area (Å²) in [5.74, 6) is -0.0828. The molecule has 1 spiro atoms. The van der Waals surface area contributed by atoms with Gasteiger partial charge in [0.2, 0.25) is 0 Å². The summed E-state index contributed by atoms with van der Waals surface area (Å²) < 4.78 is 5.93. The highest BCUT2D eigenvalue weighted by Crippen LogP contribution is 2.44. The highest BCUT2D eigenvalue weighted by atomic mass is 35.5. The number of ether oxygens (including phenoxy) is 1. The summed E-state index contributed by atoms with van der Waals surface area (Å²) in [4.78, 5) is 22.1. The minimum absolute atomic E-state index is 0.0243. The van der Waals surface area contributed by atoms with Gasteiger partial charge in [0.1, 0.15) is 5.75 Å². The van der Waals surface area contributed by atoms with Crippen molar-refractivity contribution < 1.29 is 14.6 Å². The Morgan fingerprint density at radius 3 is 2.75 bits per heavy atom. The average molecular weight is 561 g/mol. The van der Waals surface area contributed by atoms with E-state index in [-0.39, 0.29) is 11.0 Å². The monoisotopic (exact) mass is 560 g/mol. The number of aromatic nitrogens is 1. The molecule has 2 fully saturated rings. The lowest BCUT2D eigenvalue weighted by molar-refractivity contribution is 0.0697. The van der Waals surface area contributed by atoms with E-state index in [0.29, 0.717) is 17.7 Å². The summed E-state index contributed by atoms with van der Waals surface area (Å²) in [6.45, 7) is 8.13. The van der Waals surface area contributed by atoms with Crippen LogP contribution in [0.1, 0.15) is 54.2 Å². The maximum atomic E-state index is 12.0. The Kier molecular flexibility index (Phi) is 7.71. The average Bonchev–Trinajstić information content (AvgIpc) is 3.47. The minimum Gasteiger partial charge on any atom is -0.493 e. The SMILES string of the molecule is CCOc1ccccc1-c1ccc2c(n1)CN(C[C@H]1CCCN1)CC21CCN(c2ccc(Cl)cc2C(=O)O)CC1. The van der Waals surface area contributed by atoms with Crippen LogP contribution in [-0.2, 0) is 12.0 Å². The first-order valence-corrected chi connectivity index (χ1v) is 14.8. The molecule has 3 aromatic rings. The number of halogens is 1. The second kappa shape index (κ2) is 11.4. The molecule has 0 saturated carbocycles. The molecule has 0 amide bonds. The fraction of sp³-hybridized carbons (Fsp3) is 0.438. The van der Waals surface area contributed by atoms with Crippen molar-refractivity contribution in [1.82, 2.24) is 15.2 Å². The van der Waals surface area contributed by atoms with Crippen LogP contribution >= 0.6 is 11.6 Å². The first-order chi connectivity index (χ1) is 19.5. The maximum Gasteiger partial charge on any atom is 0.337 e. The molecule has 0 radical (unpaired) electrons. The molecular formula is C32H37ClN4O3. The molecule has 3 aliphatic heterocycles. The fourth-order valence-corrected chi connectivity index (χ4v) is 7.08. The molecule has 1 atom stereocenters. The van der Waals surface area contributed by atoms with E-state index in [0.717, 1.165) is 80.5 Å². The molecule has 1 aromatic heterocycles. The van der Waals surface area contributed by atoms with E-state index in [9.17, 15) is 9.90 Å². The minimum atomic E-state index is -0.944. The molecule has 4 heterocycles. The van der Waals surface area contributed by atoms with Gasteiger partial charge in [-0.05, 0) is 81.1 Å². The molecule has 6 rings (SSSR count). The number of fused-ring (bicyclic) bond motifs is 2. The Morgan fingerprint density at radius 2 is 2.00 bits per heavy atom. The van der Waals surface area contributed by atoms with Gasteiger partial charge in [0.25, 0.3) is 0 Å². The van der Waals surface area contributed by atoms with Crippen molar-refractivity contribution in [1.29, 1.82) is 0 Å². The van der Waals surface area contributed by atoms with Crippen molar-refractivity contribution in [2.45, 2.75) is 50.6 Å². The smallest absolute Gasteiger partial charge is 0.337 e. The Morgan fingerprint density at radius 1 is 1.18 bits per heavy atom. The number of hydrogen-bond acceptors (Lipinski definition) is 6. The second-order valence-electron chi connectivity index (χ2n) is 11.3. The van der Waals surface area contributed by atoms with Gasteiger partial charge in [-0.1, -0.05) is 29.8 Å². The van der Waals surface area contributed by atoms with Gasteiger partial charge >= 0.3 is 5.97 Å². The molecule has 8 heteroatoms. The number of nitrogens with zero attached hydrogens (tertiary/aromatic N) is 3. The summed E-state index contributed by atoms with van der Waals surface area (Å²) in [6, 6.07) is 18.3. The normalized spacial score (nSPS) is 20.4. The van der Waals surface area contributed by atoms with Crippen LogP contribution in [0.4, 0.5) is 5.69 Å². The maximum absolute atomic E-state index is 12.0. The number of pyridine rings is 1. The van der Waals surface area contributed by atoms with Crippen molar-refractivity contribution >= 4 is 23.3 Å². The van der Waals surface area contributed by atoms with Crippen LogP contribution < -0.4 is 15.0 Å². The molecule has 210 valence electrons. The molecule has 3 aliphatic rings. The van der Waals surface area contributed by atoms with Crippen molar-refractivity contribution in [2.24, 2.45) is 0 Å². The van der Waals surface area contributed by atoms with Crippen molar-refractivity contribution in [2.75, 3.05) is 44.2 Å². The lowest BCUT2D eigenvalue weighted by Crippen LogP contribution is -2.54. The highest BCUT2D eigenvalue weighted by Gasteiger charge is 2.43. The molecule has 0 bridgehead atoms. The highest BCUT2D eigenvalue weighted by molar-refractivity contribution is 6.31. The number of aromatic carboxylic acids is 1. The van der Waals surface area contributed by atoms with Crippen molar-refractivity contribution in [3.8, 4) is 17.0 Å². The Bertz CT molecular complexity index is 1380. The van der Waals surface area contributed by atoms with Crippen LogP contribution in [0.25, 0.3) is 11.3 Å². The van der Waals surface area contributed by atoms with Gasteiger partial charge in [-0.15, -0.1) is 0 Å². The number of para-hydroxylation sites is 1. The van der Waals surface area contributed by atoms with Crippen LogP contribution in [0.2, 0.25) is 5.02 Å². The van der Waals surface area contributed by atoms with E-state index in [2.05, 4.69) is 33.3 Å². The Balaban J connectivity index is 1.32. The third-order valence-corrected chi connectivity index (χ3v) is 9.03. The van der Waals surface area contributed by atoms with Gasteiger partial charge in [0.05, 0.1) is 29.2 Å². The Hall–Kier alpha value is -3.13. The standard InChI is InChI=1S/C32H37ClN4O3/c1-2-40-30-8-4-3-7-24(30)27-11-10-26-28(35-27)20-36(19-23-6-5-15-34-23)21-32(26)13-16-37(17-14-32)29-12-9-22(33)18-25(29)31(38)39/h3-4,7-12,18,23,34H,2,5-6,13-17,19-21H2,1H3,(H,38,39)/t23-/m1/s1. The molecule has 0 aliphatic carbocycles. The number of rotatable bonds is 7. The van der Waals surface area contributed by atoms with Crippen LogP contribution in [-0.4, -0.2) is 66.3 Å². The number of anilines is 1. The molecule has 40 heavy (non-hydrogen) atoms. The first-order valence-electron chi connectivity index (χ1n) is 14.4. The van der Waals surface area contributed by atoms with Crippen molar-refractivity contribution in [3.05, 3.63) is 76.4 Å². The third kappa shape index (κ3) is 5.30. The van der Waals surface area contributed by atoms with Crippen LogP contribution in [0.5, 0.6) is 5.75 Å². The van der Waals surface area contributed by atoms with E-state index in [1.54, 1.807) is 12.1 Å². The van der Waals surface area contributed by atoms with Gasteiger partial charge in [-0.25, -0.2) is 4.79 Å². The number of carboxylic acids is 1. The first kappa shape index (κ1) is 27.1. The zero-order valence-corrected chi connectivity index (χ0v) is 23.8. The largest absolute Gasteiger partial charge is 0.493 e. The summed E-state index contributed by atoms with van der Waals surface area (Å²) in [5, 5.41) is 13.9. The number of benzene rings is 2. The predicted molar refractivity (Wildman–Crippen MR) is 159 cm³/mol. The summed E-state index contributed by atoms with van der Waals surface area (Å²) in [5.41, 5.74) is 5.45. The van der Waals surface area contributed by atoms with E-state index in [1.807, 2.05) is 31.2 Å². The Labute approximate surface area is 241 Å². The van der Waals surface area contributed by atoms with Crippen molar-refractivity contribution in [3.63, 3.8) is 0 Å². The summed E-state index contributed by atoms with van der Waals surface area (Å²) in [7, 11) is 0. The predicted octanol–water partition coefficient (Wildman–Crippen LogP) is 5.60. The molecule has 2 aromatic carbocycles. The van der Waals surface area contributed by atoms with Gasteiger partial charge in [-0.3, -0.25) is 9.88 Å². The van der Waals surface area contributed by atoms with Crippen LogP contribution in [0.15, 0.2) is 54.6 Å². The zero-order chi connectivity index (χ0) is 27.7. The third-order valence-electron chi connectivity index (χ3n) is 8.80. The van der Waals surface area contributed by atoms with Gasteiger partial charge < -0.3 is 20.1 Å². The lowest BCUT2D eigenvalue weighted by Gasteiger charge is -2.49. The number of piperidine rings is 1. The second-order valence-corrected chi connectivity index (χ2v) is 11.8. The van der Waals surface area contributed by atoms with E-state index >= 15 is 0 Å². The number of carboxylic acid groups (broad SMARTS) is 1. The zero-order valence-electron chi connectivity index (χ0n) is 23.0. The van der Waals surface area contributed by atoms with Crippen LogP contribution in [0, 0.1) is 0 Å². The molecule has 0 unspecified atom stereocenters. The quantitative estimate of drug-likeness (QED) is 0.389. The summed E-state index contributed by atoms with van der Waals surface area (Å²) in [6.07, 6.45) is 4.33. The fourth-order valence-electron chi connectivity index (χ4n) is 6.91. The van der Waals surface area contributed by atoms with E-state index < -0.39 is 5.97 Å². The molecule has 7 nitrogen and oxygen atoms in total. The van der Waals surface area contributed by atoms with Gasteiger partial charge in [0.15, 0.2) is 0 Å². The summed E-state index contributed by atoms with van der Waals surface area (Å²) >= 11 is 6.14. The van der Waals surface area contributed by atoms with E-state index in [1.165, 1.54) is 18.4 Å². The number of carbonyl (C=O) groups is 1. The van der Waals surface area contributed by atoms with Gasteiger partial charge in [0, 0.05) is 54.8 Å². The molecule has 2 N–H and O–H groups in total. The van der Waals surface area contributed by atoms with Gasteiger partial charge in [-0.2, -0.15) is 0 Å². The number of hydrogen-bond donors (Lipinski definition) is 2. The molecule has 2 saturated heterocycles. The van der Waals surface area contributed by atoms with E-state index in [4.69, 9.17) is 21.3 Å². The van der Waals surface area contributed by atoms with Crippen LogP contribution in [0.3, 0.4) is 0 Å². The number of nitrogens with one attached hydrogen (secondary N) is 1. The topological polar surface area (TPSA) is 77.9 Å². The molecular weight excluding hydrogens is 524 g/mol.